The maximum Gasteiger partial charge on any atom is 0.240 e. The topological polar surface area (TPSA) is 88.2 Å². The average Bonchev–Trinajstić information content (AvgIpc) is 2.68. The predicted molar refractivity (Wildman–Crippen MR) is 70.2 cm³/mol. The molecule has 2 rings (SSSR count). The van der Waals surface area contributed by atoms with Crippen LogP contribution in [0.15, 0.2) is 23.1 Å². The van der Waals surface area contributed by atoms with Gasteiger partial charge < -0.3 is 5.32 Å². The number of benzene rings is 1. The first-order valence-electron chi connectivity index (χ1n) is 5.04. The maximum atomic E-state index is 11.6. The first-order valence-corrected chi connectivity index (χ1v) is 7.34. The molecule has 6 nitrogen and oxygen atoms in total. The highest BCUT2D eigenvalue weighted by Crippen LogP contribution is 2.27. The molecule has 0 aliphatic heterocycles. The minimum absolute atomic E-state index is 0.176. The Morgan fingerprint density at radius 3 is 2.72 bits per heavy atom. The largest absolute Gasteiger partial charge is 0.302 e. The van der Waals surface area contributed by atoms with Gasteiger partial charge in [-0.2, -0.15) is 0 Å². The highest BCUT2D eigenvalue weighted by atomic mass is 32.2. The van der Waals surface area contributed by atoms with Crippen LogP contribution in [0.25, 0.3) is 10.2 Å². The Labute approximate surface area is 108 Å². The number of thiazole rings is 1. The fourth-order valence-electron chi connectivity index (χ4n) is 1.39. The van der Waals surface area contributed by atoms with Gasteiger partial charge in [-0.1, -0.05) is 11.3 Å². The van der Waals surface area contributed by atoms with Crippen LogP contribution in [0.4, 0.5) is 5.13 Å². The summed E-state index contributed by atoms with van der Waals surface area (Å²) in [4.78, 5) is 15.3. The van der Waals surface area contributed by atoms with Crippen molar-refractivity contribution in [2.24, 2.45) is 0 Å². The molecule has 0 fully saturated rings. The molecule has 0 radical (unpaired) electrons. The highest BCUT2D eigenvalue weighted by molar-refractivity contribution is 7.89. The second-order valence-corrected chi connectivity index (χ2v) is 6.45. The number of anilines is 1. The van der Waals surface area contributed by atoms with Gasteiger partial charge in [0.2, 0.25) is 15.9 Å². The number of hydrogen-bond acceptors (Lipinski definition) is 5. The van der Waals surface area contributed by atoms with Crippen molar-refractivity contribution in [3.63, 3.8) is 0 Å². The van der Waals surface area contributed by atoms with E-state index in [0.717, 1.165) is 0 Å². The Hall–Kier alpha value is -1.51. The van der Waals surface area contributed by atoms with Crippen molar-refractivity contribution >= 4 is 42.6 Å². The van der Waals surface area contributed by atoms with Gasteiger partial charge in [0, 0.05) is 6.92 Å². The number of fused-ring (bicyclic) bond motifs is 1. The lowest BCUT2D eigenvalue weighted by Gasteiger charge is -2.00. The molecule has 96 valence electrons. The molecule has 18 heavy (non-hydrogen) atoms. The molecule has 1 amide bonds. The van der Waals surface area contributed by atoms with Gasteiger partial charge in [-0.15, -0.1) is 0 Å². The summed E-state index contributed by atoms with van der Waals surface area (Å²) in [5.41, 5.74) is 0.652. The number of carbonyl (C=O) groups is 1. The number of amides is 1. The van der Waals surface area contributed by atoms with Gasteiger partial charge in [-0.3, -0.25) is 4.79 Å². The molecule has 1 aromatic carbocycles. The van der Waals surface area contributed by atoms with Crippen LogP contribution >= 0.6 is 11.3 Å². The molecule has 0 spiro atoms. The summed E-state index contributed by atoms with van der Waals surface area (Å²) in [6, 6.07) is 4.62. The van der Waals surface area contributed by atoms with Crippen LogP contribution in [0.2, 0.25) is 0 Å². The van der Waals surface area contributed by atoms with Crippen molar-refractivity contribution in [3.8, 4) is 0 Å². The quantitative estimate of drug-likeness (QED) is 0.886. The summed E-state index contributed by atoms with van der Waals surface area (Å²) in [7, 11) is -2.11. The summed E-state index contributed by atoms with van der Waals surface area (Å²) in [6.45, 7) is 1.39. The third kappa shape index (κ3) is 2.50. The van der Waals surface area contributed by atoms with Crippen LogP contribution in [0.5, 0.6) is 0 Å². The van der Waals surface area contributed by atoms with Crippen molar-refractivity contribution in [2.75, 3.05) is 12.4 Å². The lowest BCUT2D eigenvalue weighted by molar-refractivity contribution is -0.114. The van der Waals surface area contributed by atoms with E-state index in [-0.39, 0.29) is 10.8 Å². The van der Waals surface area contributed by atoms with E-state index in [9.17, 15) is 13.2 Å². The fraction of sp³-hybridized carbons (Fsp3) is 0.200. The maximum absolute atomic E-state index is 11.6. The number of sulfonamides is 1. The van der Waals surface area contributed by atoms with Crippen molar-refractivity contribution in [1.82, 2.24) is 9.71 Å². The Morgan fingerprint density at radius 1 is 1.39 bits per heavy atom. The molecular formula is C10H11N3O3S2. The zero-order valence-corrected chi connectivity index (χ0v) is 11.4. The summed E-state index contributed by atoms with van der Waals surface area (Å²) in [6.07, 6.45) is 0. The fourth-order valence-corrected chi connectivity index (χ4v) is 3.18. The number of nitrogens with zero attached hydrogens (tertiary/aromatic N) is 1. The number of carbonyl (C=O) groups excluding carboxylic acids is 1. The SMILES string of the molecule is CNS(=O)(=O)c1ccc2nc(NC(C)=O)sc2c1. The molecule has 2 aromatic rings. The second kappa shape index (κ2) is 4.63. The van der Waals surface area contributed by atoms with Gasteiger partial charge in [0.05, 0.1) is 15.1 Å². The lowest BCUT2D eigenvalue weighted by atomic mass is 10.3. The van der Waals surface area contributed by atoms with Crippen LogP contribution in [0.1, 0.15) is 6.92 Å². The lowest BCUT2D eigenvalue weighted by Crippen LogP contribution is -2.18. The smallest absolute Gasteiger partial charge is 0.240 e. The Balaban J connectivity index is 2.49. The second-order valence-electron chi connectivity index (χ2n) is 3.54. The van der Waals surface area contributed by atoms with E-state index in [1.807, 2.05) is 0 Å². The van der Waals surface area contributed by atoms with Gasteiger partial charge in [-0.25, -0.2) is 18.1 Å². The molecule has 0 saturated heterocycles. The molecule has 0 atom stereocenters. The third-order valence-electron chi connectivity index (χ3n) is 2.22. The average molecular weight is 285 g/mol. The molecule has 1 aromatic heterocycles. The molecule has 0 saturated carbocycles. The van der Waals surface area contributed by atoms with Gasteiger partial charge >= 0.3 is 0 Å². The number of nitrogens with one attached hydrogen (secondary N) is 2. The van der Waals surface area contributed by atoms with E-state index >= 15 is 0 Å². The van der Waals surface area contributed by atoms with Crippen LogP contribution in [0.3, 0.4) is 0 Å². The van der Waals surface area contributed by atoms with E-state index in [0.29, 0.717) is 15.3 Å². The van der Waals surface area contributed by atoms with E-state index in [1.165, 1.54) is 37.4 Å². The summed E-state index contributed by atoms with van der Waals surface area (Å²) < 4.78 is 26.2. The Bertz CT molecular complexity index is 706. The normalized spacial score (nSPS) is 11.7. The first-order chi connectivity index (χ1) is 8.42. The number of aromatic nitrogens is 1. The van der Waals surface area contributed by atoms with Crippen LogP contribution in [0, 0.1) is 0 Å². The minimum Gasteiger partial charge on any atom is -0.302 e. The Morgan fingerprint density at radius 2 is 2.11 bits per heavy atom. The van der Waals surface area contributed by atoms with Gasteiger partial charge in [0.25, 0.3) is 0 Å². The van der Waals surface area contributed by atoms with Gasteiger partial charge in [0.1, 0.15) is 0 Å². The first kappa shape index (κ1) is 12.9. The highest BCUT2D eigenvalue weighted by Gasteiger charge is 2.13. The van der Waals surface area contributed by atoms with E-state index in [1.54, 1.807) is 6.07 Å². The van der Waals surface area contributed by atoms with Crippen LogP contribution < -0.4 is 10.0 Å². The molecular weight excluding hydrogens is 274 g/mol. The van der Waals surface area contributed by atoms with Gasteiger partial charge in [0.15, 0.2) is 5.13 Å². The number of hydrogen-bond donors (Lipinski definition) is 2. The number of rotatable bonds is 3. The van der Waals surface area contributed by atoms with Crippen molar-refractivity contribution in [2.45, 2.75) is 11.8 Å². The molecule has 0 aliphatic carbocycles. The zero-order chi connectivity index (χ0) is 13.3. The summed E-state index contributed by atoms with van der Waals surface area (Å²) in [5.74, 6) is -0.211. The van der Waals surface area contributed by atoms with Gasteiger partial charge in [-0.05, 0) is 25.2 Å². The molecule has 0 aliphatic rings. The van der Waals surface area contributed by atoms with Crippen molar-refractivity contribution < 1.29 is 13.2 Å². The Kier molecular flexibility index (Phi) is 3.33. The molecule has 1 heterocycles. The van der Waals surface area contributed by atoms with E-state index < -0.39 is 10.0 Å². The van der Waals surface area contributed by atoms with Crippen molar-refractivity contribution in [1.29, 1.82) is 0 Å². The standard InChI is InChI=1S/C10H11N3O3S2/c1-6(14)12-10-13-8-4-3-7(5-9(8)17-10)18(15,16)11-2/h3-5,11H,1-2H3,(H,12,13,14). The monoisotopic (exact) mass is 285 g/mol. The molecule has 2 N–H and O–H groups in total. The van der Waals surface area contributed by atoms with Crippen LogP contribution in [-0.4, -0.2) is 26.4 Å². The predicted octanol–water partition coefficient (Wildman–Crippen LogP) is 1.16. The van der Waals surface area contributed by atoms with E-state index in [4.69, 9.17) is 0 Å². The molecule has 8 heteroatoms. The van der Waals surface area contributed by atoms with Crippen LogP contribution in [-0.2, 0) is 14.8 Å². The summed E-state index contributed by atoms with van der Waals surface area (Å²) in [5, 5.41) is 3.02. The van der Waals surface area contributed by atoms with Crippen molar-refractivity contribution in [3.05, 3.63) is 18.2 Å². The van der Waals surface area contributed by atoms with E-state index in [2.05, 4.69) is 15.0 Å². The minimum atomic E-state index is -3.46. The zero-order valence-electron chi connectivity index (χ0n) is 9.72. The molecule has 0 unspecified atom stereocenters. The summed E-state index contributed by atoms with van der Waals surface area (Å²) >= 11 is 1.23. The third-order valence-corrected chi connectivity index (χ3v) is 4.57. The molecule has 0 bridgehead atoms.